The van der Waals surface area contributed by atoms with Crippen LogP contribution in [0.5, 0.6) is 5.75 Å². The molecule has 0 aromatic heterocycles. The number of rotatable bonds is 9. The third-order valence-electron chi connectivity index (χ3n) is 3.56. The minimum absolute atomic E-state index is 0.0928. The third kappa shape index (κ3) is 7.04. The first-order valence-corrected chi connectivity index (χ1v) is 8.19. The van der Waals surface area contributed by atoms with Gasteiger partial charge in [0.1, 0.15) is 5.75 Å². The van der Waals surface area contributed by atoms with Crippen LogP contribution in [0.1, 0.15) is 25.3 Å². The fourth-order valence-corrected chi connectivity index (χ4v) is 2.09. The standard InChI is InChI=1S/C17H26N4O2/c1-2-19-17(21-11-14-3-4-14)20-10-9-13-5-7-15(8-6-13)23-12-16(18)22/h5-8,14H,2-4,9-12H2,1H3,(H2,18,22)(H2,19,20,21). The van der Waals surface area contributed by atoms with Crippen LogP contribution in [0.4, 0.5) is 0 Å². The number of nitrogens with one attached hydrogen (secondary N) is 2. The van der Waals surface area contributed by atoms with E-state index in [0.717, 1.165) is 37.9 Å². The number of carbonyl (C=O) groups is 1. The van der Waals surface area contributed by atoms with Gasteiger partial charge < -0.3 is 21.1 Å². The number of nitrogens with two attached hydrogens (primary N) is 1. The van der Waals surface area contributed by atoms with Crippen molar-refractivity contribution in [3.05, 3.63) is 29.8 Å². The molecule has 0 heterocycles. The summed E-state index contributed by atoms with van der Waals surface area (Å²) in [5.74, 6) is 1.86. The van der Waals surface area contributed by atoms with Crippen LogP contribution in [0.2, 0.25) is 0 Å². The van der Waals surface area contributed by atoms with Crippen LogP contribution < -0.4 is 21.1 Å². The van der Waals surface area contributed by atoms with Gasteiger partial charge in [-0.3, -0.25) is 9.79 Å². The van der Waals surface area contributed by atoms with Crippen molar-refractivity contribution >= 4 is 11.9 Å². The summed E-state index contributed by atoms with van der Waals surface area (Å²) in [5.41, 5.74) is 6.24. The Hall–Kier alpha value is -2.24. The molecule has 6 nitrogen and oxygen atoms in total. The molecule has 1 saturated carbocycles. The van der Waals surface area contributed by atoms with Crippen molar-refractivity contribution in [3.63, 3.8) is 0 Å². The largest absolute Gasteiger partial charge is 0.484 e. The van der Waals surface area contributed by atoms with E-state index in [-0.39, 0.29) is 6.61 Å². The molecule has 0 atom stereocenters. The first-order valence-electron chi connectivity index (χ1n) is 8.19. The smallest absolute Gasteiger partial charge is 0.255 e. The molecule has 0 bridgehead atoms. The molecule has 1 aromatic rings. The number of hydrogen-bond acceptors (Lipinski definition) is 3. The van der Waals surface area contributed by atoms with Crippen LogP contribution in [0.15, 0.2) is 29.3 Å². The van der Waals surface area contributed by atoms with Crippen molar-refractivity contribution in [2.24, 2.45) is 16.6 Å². The van der Waals surface area contributed by atoms with Gasteiger partial charge in [0.15, 0.2) is 12.6 Å². The van der Waals surface area contributed by atoms with Crippen LogP contribution in [0.25, 0.3) is 0 Å². The molecule has 1 aliphatic carbocycles. The highest BCUT2D eigenvalue weighted by Crippen LogP contribution is 2.28. The van der Waals surface area contributed by atoms with E-state index in [1.807, 2.05) is 24.3 Å². The molecule has 0 unspecified atom stereocenters. The average Bonchev–Trinajstić information content (AvgIpc) is 3.36. The Morgan fingerprint density at radius 1 is 1.30 bits per heavy atom. The minimum Gasteiger partial charge on any atom is -0.484 e. The van der Waals surface area contributed by atoms with Gasteiger partial charge in [-0.2, -0.15) is 0 Å². The lowest BCUT2D eigenvalue weighted by Gasteiger charge is -2.11. The predicted molar refractivity (Wildman–Crippen MR) is 91.5 cm³/mol. The number of aliphatic imine (C=N–C) groups is 1. The van der Waals surface area contributed by atoms with Crippen LogP contribution in [0, 0.1) is 5.92 Å². The zero-order valence-corrected chi connectivity index (χ0v) is 13.7. The van der Waals surface area contributed by atoms with Crippen molar-refractivity contribution in [2.75, 3.05) is 26.2 Å². The van der Waals surface area contributed by atoms with Gasteiger partial charge in [0.05, 0.1) is 0 Å². The van der Waals surface area contributed by atoms with Crippen LogP contribution in [-0.4, -0.2) is 38.1 Å². The monoisotopic (exact) mass is 318 g/mol. The molecule has 6 heteroatoms. The summed E-state index contributed by atoms with van der Waals surface area (Å²) < 4.78 is 5.24. The Morgan fingerprint density at radius 3 is 2.65 bits per heavy atom. The van der Waals surface area contributed by atoms with Crippen LogP contribution in [-0.2, 0) is 11.2 Å². The topological polar surface area (TPSA) is 88.7 Å². The Morgan fingerprint density at radius 2 is 2.04 bits per heavy atom. The number of primary amides is 1. The van der Waals surface area contributed by atoms with E-state index in [1.54, 1.807) is 0 Å². The summed E-state index contributed by atoms with van der Waals surface area (Å²) >= 11 is 0. The summed E-state index contributed by atoms with van der Waals surface area (Å²) in [6, 6.07) is 7.69. The Balaban J connectivity index is 1.73. The fraction of sp³-hybridized carbons (Fsp3) is 0.529. The van der Waals surface area contributed by atoms with Crippen LogP contribution >= 0.6 is 0 Å². The molecule has 1 fully saturated rings. The lowest BCUT2D eigenvalue weighted by Crippen LogP contribution is -2.38. The number of hydrogen-bond donors (Lipinski definition) is 3. The van der Waals surface area contributed by atoms with E-state index in [4.69, 9.17) is 10.5 Å². The van der Waals surface area contributed by atoms with Gasteiger partial charge in [-0.05, 0) is 49.8 Å². The lowest BCUT2D eigenvalue weighted by molar-refractivity contribution is -0.119. The number of nitrogens with zero attached hydrogens (tertiary/aromatic N) is 1. The molecule has 2 rings (SSSR count). The number of guanidine groups is 1. The van der Waals surface area contributed by atoms with Gasteiger partial charge in [0.2, 0.25) is 0 Å². The molecule has 0 spiro atoms. The molecule has 1 aromatic carbocycles. The Bertz CT molecular complexity index is 524. The van der Waals surface area contributed by atoms with Crippen molar-refractivity contribution in [1.82, 2.24) is 10.6 Å². The molecule has 126 valence electrons. The van der Waals surface area contributed by atoms with Crippen molar-refractivity contribution in [1.29, 1.82) is 0 Å². The predicted octanol–water partition coefficient (Wildman–Crippen LogP) is 1.06. The van der Waals surface area contributed by atoms with Gasteiger partial charge in [0, 0.05) is 19.6 Å². The van der Waals surface area contributed by atoms with Gasteiger partial charge >= 0.3 is 0 Å². The zero-order chi connectivity index (χ0) is 16.5. The summed E-state index contributed by atoms with van der Waals surface area (Å²) in [6.45, 7) is 4.57. The molecule has 1 amide bonds. The fourth-order valence-electron chi connectivity index (χ4n) is 2.09. The van der Waals surface area contributed by atoms with Gasteiger partial charge in [-0.1, -0.05) is 12.1 Å². The second kappa shape index (κ2) is 9.02. The maximum atomic E-state index is 10.7. The van der Waals surface area contributed by atoms with E-state index in [1.165, 1.54) is 18.4 Å². The second-order valence-electron chi connectivity index (χ2n) is 5.74. The zero-order valence-electron chi connectivity index (χ0n) is 13.7. The maximum Gasteiger partial charge on any atom is 0.255 e. The molecule has 23 heavy (non-hydrogen) atoms. The third-order valence-corrected chi connectivity index (χ3v) is 3.56. The molecule has 4 N–H and O–H groups in total. The molecule has 0 saturated heterocycles. The Labute approximate surface area is 137 Å². The van der Waals surface area contributed by atoms with E-state index in [2.05, 4.69) is 22.5 Å². The number of carbonyl (C=O) groups excluding carboxylic acids is 1. The SMILES string of the molecule is CCNC(=NCC1CC1)NCCc1ccc(OCC(N)=O)cc1. The highest BCUT2D eigenvalue weighted by Gasteiger charge is 2.20. The average molecular weight is 318 g/mol. The molecule has 0 radical (unpaired) electrons. The first kappa shape index (κ1) is 17.1. The van der Waals surface area contributed by atoms with Gasteiger partial charge in [-0.25, -0.2) is 0 Å². The minimum atomic E-state index is -0.472. The van der Waals surface area contributed by atoms with Gasteiger partial charge in [-0.15, -0.1) is 0 Å². The summed E-state index contributed by atoms with van der Waals surface area (Å²) in [4.78, 5) is 15.3. The quantitative estimate of drug-likeness (QED) is 0.469. The normalized spacial score (nSPS) is 14.4. The van der Waals surface area contributed by atoms with Crippen molar-refractivity contribution in [2.45, 2.75) is 26.2 Å². The number of ether oxygens (including phenoxy) is 1. The molecular formula is C17H26N4O2. The van der Waals surface area contributed by atoms with Crippen LogP contribution in [0.3, 0.4) is 0 Å². The highest BCUT2D eigenvalue weighted by molar-refractivity contribution is 5.79. The van der Waals surface area contributed by atoms with E-state index >= 15 is 0 Å². The highest BCUT2D eigenvalue weighted by atomic mass is 16.5. The van der Waals surface area contributed by atoms with Crippen molar-refractivity contribution in [3.8, 4) is 5.75 Å². The van der Waals surface area contributed by atoms with E-state index < -0.39 is 5.91 Å². The Kier molecular flexibility index (Phi) is 6.72. The summed E-state index contributed by atoms with van der Waals surface area (Å²) in [7, 11) is 0. The van der Waals surface area contributed by atoms with Gasteiger partial charge in [0.25, 0.3) is 5.91 Å². The number of amides is 1. The van der Waals surface area contributed by atoms with E-state index in [9.17, 15) is 4.79 Å². The summed E-state index contributed by atoms with van der Waals surface area (Å²) in [5, 5.41) is 6.62. The maximum absolute atomic E-state index is 10.7. The van der Waals surface area contributed by atoms with Crippen molar-refractivity contribution < 1.29 is 9.53 Å². The molecule has 0 aliphatic heterocycles. The lowest BCUT2D eigenvalue weighted by atomic mass is 10.1. The number of benzene rings is 1. The second-order valence-corrected chi connectivity index (χ2v) is 5.74. The first-order chi connectivity index (χ1) is 11.2. The molecular weight excluding hydrogens is 292 g/mol. The molecule has 1 aliphatic rings. The summed E-state index contributed by atoms with van der Waals surface area (Å²) in [6.07, 6.45) is 3.52. The van der Waals surface area contributed by atoms with E-state index in [0.29, 0.717) is 5.75 Å².